The highest BCUT2D eigenvalue weighted by atomic mass is 16.6. The van der Waals surface area contributed by atoms with Gasteiger partial charge < -0.3 is 14.2 Å². The molecule has 0 saturated carbocycles. The van der Waals surface area contributed by atoms with Crippen LogP contribution in [0.5, 0.6) is 0 Å². The summed E-state index contributed by atoms with van der Waals surface area (Å²) in [5, 5.41) is 0. The summed E-state index contributed by atoms with van der Waals surface area (Å²) in [4.78, 5) is 38.0. The van der Waals surface area contributed by atoms with Gasteiger partial charge in [-0.1, -0.05) is 224 Å². The maximum Gasteiger partial charge on any atom is 0.310 e. The van der Waals surface area contributed by atoms with Crippen molar-refractivity contribution in [2.24, 2.45) is 0 Å². The van der Waals surface area contributed by atoms with Crippen LogP contribution in [-0.2, 0) is 28.6 Å². The van der Waals surface area contributed by atoms with Crippen molar-refractivity contribution in [2.45, 2.75) is 226 Å². The summed E-state index contributed by atoms with van der Waals surface area (Å²) in [5.74, 6) is -1.09. The number of unbranched alkanes of at least 4 members (excludes halogenated alkanes) is 14. The molecule has 0 aromatic heterocycles. The summed E-state index contributed by atoms with van der Waals surface area (Å²) < 4.78 is 16.7. The first kappa shape index (κ1) is 65.3. The van der Waals surface area contributed by atoms with Crippen LogP contribution in [0, 0.1) is 0 Å². The van der Waals surface area contributed by atoms with Crippen molar-refractivity contribution in [3.8, 4) is 0 Å². The lowest BCUT2D eigenvalue weighted by Crippen LogP contribution is -2.30. The molecule has 70 heavy (non-hydrogen) atoms. The zero-order valence-corrected chi connectivity index (χ0v) is 44.7. The second-order valence-electron chi connectivity index (χ2n) is 17.7. The fourth-order valence-electron chi connectivity index (χ4n) is 6.98. The van der Waals surface area contributed by atoms with Crippen LogP contribution in [-0.4, -0.2) is 37.2 Å². The predicted molar refractivity (Wildman–Crippen MR) is 302 cm³/mol. The maximum atomic E-state index is 12.8. The average molecular weight is 965 g/mol. The summed E-state index contributed by atoms with van der Waals surface area (Å²) in [7, 11) is 0. The molecule has 6 nitrogen and oxygen atoms in total. The number of carbonyl (C=O) groups excluding carboxylic acids is 3. The topological polar surface area (TPSA) is 78.9 Å². The van der Waals surface area contributed by atoms with Gasteiger partial charge in [-0.2, -0.15) is 0 Å². The highest BCUT2D eigenvalue weighted by Gasteiger charge is 2.19. The highest BCUT2D eigenvalue weighted by molar-refractivity contribution is 5.72. The number of hydrogen-bond donors (Lipinski definition) is 0. The molecule has 0 aliphatic carbocycles. The zero-order valence-electron chi connectivity index (χ0n) is 44.7. The second-order valence-corrected chi connectivity index (χ2v) is 17.7. The Hall–Kier alpha value is -4.71. The van der Waals surface area contributed by atoms with Gasteiger partial charge in [-0.3, -0.25) is 14.4 Å². The monoisotopic (exact) mass is 965 g/mol. The molecular weight excluding hydrogens is 865 g/mol. The van der Waals surface area contributed by atoms with E-state index in [1.807, 2.05) is 6.08 Å². The van der Waals surface area contributed by atoms with E-state index in [1.165, 1.54) is 44.9 Å². The Morgan fingerprint density at radius 2 is 0.600 bits per heavy atom. The predicted octanol–water partition coefficient (Wildman–Crippen LogP) is 18.8. The Morgan fingerprint density at radius 3 is 0.957 bits per heavy atom. The molecule has 0 rings (SSSR count). The van der Waals surface area contributed by atoms with Gasteiger partial charge in [0, 0.05) is 12.8 Å². The molecule has 0 aliphatic rings. The van der Waals surface area contributed by atoms with E-state index >= 15 is 0 Å². The van der Waals surface area contributed by atoms with E-state index in [-0.39, 0.29) is 31.6 Å². The van der Waals surface area contributed by atoms with Crippen LogP contribution in [0.25, 0.3) is 0 Å². The van der Waals surface area contributed by atoms with Crippen molar-refractivity contribution >= 4 is 17.9 Å². The molecule has 0 aliphatic heterocycles. The van der Waals surface area contributed by atoms with Crippen LogP contribution in [0.15, 0.2) is 146 Å². The van der Waals surface area contributed by atoms with E-state index in [1.54, 1.807) is 6.08 Å². The van der Waals surface area contributed by atoms with Crippen LogP contribution >= 0.6 is 0 Å². The van der Waals surface area contributed by atoms with Gasteiger partial charge in [-0.25, -0.2) is 0 Å². The van der Waals surface area contributed by atoms with Crippen molar-refractivity contribution in [1.29, 1.82) is 0 Å². The molecular formula is C64H100O6. The molecule has 6 heteroatoms. The third-order valence-corrected chi connectivity index (χ3v) is 11.1. The fourth-order valence-corrected chi connectivity index (χ4v) is 6.98. The van der Waals surface area contributed by atoms with Crippen molar-refractivity contribution in [3.63, 3.8) is 0 Å². The van der Waals surface area contributed by atoms with E-state index in [9.17, 15) is 14.4 Å². The van der Waals surface area contributed by atoms with E-state index in [0.717, 1.165) is 128 Å². The molecule has 0 spiro atoms. The number of carbonyl (C=O) groups is 3. The molecule has 0 heterocycles. The lowest BCUT2D eigenvalue weighted by Gasteiger charge is -2.18. The Bertz CT molecular complexity index is 1580. The lowest BCUT2D eigenvalue weighted by atomic mass is 10.1. The van der Waals surface area contributed by atoms with Gasteiger partial charge in [0.25, 0.3) is 0 Å². The van der Waals surface area contributed by atoms with Crippen LogP contribution in [0.1, 0.15) is 220 Å². The van der Waals surface area contributed by atoms with Crippen LogP contribution < -0.4 is 0 Å². The van der Waals surface area contributed by atoms with Crippen molar-refractivity contribution < 1.29 is 28.6 Å². The Balaban J connectivity index is 4.47. The minimum atomic E-state index is -0.848. The first-order valence-electron chi connectivity index (χ1n) is 27.8. The van der Waals surface area contributed by atoms with E-state index in [4.69, 9.17) is 14.2 Å². The SMILES string of the molecule is CC/C=C\C/C=C\C/C=C\C/C=C\C/C=C\C/C=C\CCCCCCCCC(=O)OCC(COC(=O)CCCCCCC/C=C\CCCCC)OC(=O)C/C=C\C/C=C\C/C=C\C/C=C\C/C=C\CC. The number of hydrogen-bond acceptors (Lipinski definition) is 6. The molecule has 0 amide bonds. The van der Waals surface area contributed by atoms with Gasteiger partial charge in [0.2, 0.25) is 0 Å². The molecule has 1 atom stereocenters. The van der Waals surface area contributed by atoms with Crippen molar-refractivity contribution in [2.75, 3.05) is 13.2 Å². The Morgan fingerprint density at radius 1 is 0.314 bits per heavy atom. The van der Waals surface area contributed by atoms with Gasteiger partial charge in [-0.05, 0) is 122 Å². The third-order valence-electron chi connectivity index (χ3n) is 11.1. The maximum absolute atomic E-state index is 12.8. The molecule has 0 radical (unpaired) electrons. The largest absolute Gasteiger partial charge is 0.462 e. The Kier molecular flexibility index (Phi) is 53.0. The minimum absolute atomic E-state index is 0.0853. The fraction of sp³-hybridized carbons (Fsp3) is 0.578. The van der Waals surface area contributed by atoms with Crippen molar-refractivity contribution in [3.05, 3.63) is 146 Å². The second kappa shape index (κ2) is 56.9. The molecule has 0 aromatic rings. The molecule has 0 fully saturated rings. The van der Waals surface area contributed by atoms with Gasteiger partial charge in [0.05, 0.1) is 6.42 Å². The summed E-state index contributed by atoms with van der Waals surface area (Å²) in [6.45, 7) is 6.26. The zero-order chi connectivity index (χ0) is 50.7. The van der Waals surface area contributed by atoms with Gasteiger partial charge >= 0.3 is 17.9 Å². The first-order valence-corrected chi connectivity index (χ1v) is 27.8. The third kappa shape index (κ3) is 54.2. The number of allylic oxidation sites excluding steroid dienone is 23. The standard InChI is InChI=1S/C64H100O6/c1-4-7-10-13-16-19-22-25-27-28-29-30-31-32-33-34-35-36-38-39-42-45-48-51-54-57-63(66)69-60-61(59-68-62(65)56-53-50-47-44-41-24-21-18-15-12-9-6-3)70-64(67)58-55-52-49-46-43-40-37-26-23-20-17-14-11-8-5-2/h7-8,10-11,16-21,25-27,29-30,32-33,35-37,43,46,52,55,61H,4-6,9,12-15,22-24,28,31,34,38-42,44-45,47-51,53-54,56-60H2,1-3H3/b10-7-,11-8-,19-16-,20-17-,21-18-,27-25-,30-29-,33-32-,36-35-,37-26-,46-43-,55-52-. The van der Waals surface area contributed by atoms with Gasteiger partial charge in [0.1, 0.15) is 13.2 Å². The van der Waals surface area contributed by atoms with Crippen LogP contribution in [0.3, 0.4) is 0 Å². The highest BCUT2D eigenvalue weighted by Crippen LogP contribution is 2.12. The van der Waals surface area contributed by atoms with Crippen LogP contribution in [0.4, 0.5) is 0 Å². The molecule has 0 aromatic carbocycles. The summed E-state index contributed by atoms with van der Waals surface area (Å²) in [6, 6.07) is 0. The minimum Gasteiger partial charge on any atom is -0.462 e. The molecule has 0 bridgehead atoms. The van der Waals surface area contributed by atoms with Gasteiger partial charge in [-0.15, -0.1) is 0 Å². The van der Waals surface area contributed by atoms with E-state index < -0.39 is 12.1 Å². The van der Waals surface area contributed by atoms with Gasteiger partial charge in [0.15, 0.2) is 6.10 Å². The van der Waals surface area contributed by atoms with E-state index in [2.05, 4.69) is 154 Å². The molecule has 0 N–H and O–H groups in total. The average Bonchev–Trinajstić information content (AvgIpc) is 3.36. The lowest BCUT2D eigenvalue weighted by molar-refractivity contribution is -0.166. The molecule has 392 valence electrons. The van der Waals surface area contributed by atoms with Crippen LogP contribution in [0.2, 0.25) is 0 Å². The summed E-state index contributed by atoms with van der Waals surface area (Å²) in [6.07, 6.45) is 81.5. The summed E-state index contributed by atoms with van der Waals surface area (Å²) >= 11 is 0. The Labute approximate surface area is 429 Å². The van der Waals surface area contributed by atoms with E-state index in [0.29, 0.717) is 19.3 Å². The van der Waals surface area contributed by atoms with Crippen molar-refractivity contribution in [1.82, 2.24) is 0 Å². The normalized spacial score (nSPS) is 13.2. The summed E-state index contributed by atoms with van der Waals surface area (Å²) in [5.41, 5.74) is 0. The molecule has 0 saturated heterocycles. The quantitative estimate of drug-likeness (QED) is 0.0262. The first-order chi connectivity index (χ1) is 34.5. The smallest absolute Gasteiger partial charge is 0.310 e. The number of esters is 3. The molecule has 1 unspecified atom stereocenters. The number of ether oxygens (including phenoxy) is 3. The number of rotatable bonds is 48.